The van der Waals surface area contributed by atoms with Crippen LogP contribution >= 0.6 is 0 Å². The summed E-state index contributed by atoms with van der Waals surface area (Å²) in [4.78, 5) is 10.7. The minimum Gasteiger partial charge on any atom is -0.151 e. The van der Waals surface area contributed by atoms with Crippen LogP contribution in [-0.4, -0.2) is 6.04 Å². The van der Waals surface area contributed by atoms with E-state index in [2.05, 4.69) is 17.3 Å². The van der Waals surface area contributed by atoms with Gasteiger partial charge in [-0.1, -0.05) is 62.3 Å². The maximum Gasteiger partial charge on any atom is 0.0919 e. The van der Waals surface area contributed by atoms with E-state index in [0.29, 0.717) is 0 Å². The van der Waals surface area contributed by atoms with Gasteiger partial charge in [0, 0.05) is 0 Å². The molecule has 0 aromatic rings. The second kappa shape index (κ2) is 11.4. The fourth-order valence-corrected chi connectivity index (χ4v) is 2.65. The topological polar surface area (TPSA) is 29.4 Å². The van der Waals surface area contributed by atoms with E-state index in [-0.39, 0.29) is 6.04 Å². The Morgan fingerprint density at radius 3 is 1.61 bits per heavy atom. The van der Waals surface area contributed by atoms with Crippen LogP contribution in [0.25, 0.3) is 0 Å². The molecule has 1 aliphatic rings. The SMILES string of the molecule is O=NC1CCCCCCC=CCCCCCCC1. The maximum absolute atomic E-state index is 10.7. The van der Waals surface area contributed by atoms with E-state index in [9.17, 15) is 4.91 Å². The standard InChI is InChI=1S/C16H29NO/c18-17-16-14-12-10-8-6-4-2-1-3-5-7-9-11-13-15-16/h1-2,16H,3-15H2. The number of nitrogens with zero attached hydrogens (tertiary/aromatic N) is 1. The second-order valence-corrected chi connectivity index (χ2v) is 5.57. The monoisotopic (exact) mass is 251 g/mol. The van der Waals surface area contributed by atoms with Gasteiger partial charge in [-0.05, 0) is 38.5 Å². The van der Waals surface area contributed by atoms with Gasteiger partial charge in [0.05, 0.1) is 6.04 Å². The smallest absolute Gasteiger partial charge is 0.0919 e. The molecule has 0 radical (unpaired) electrons. The van der Waals surface area contributed by atoms with Gasteiger partial charge in [-0.25, -0.2) is 0 Å². The van der Waals surface area contributed by atoms with E-state index in [1.807, 2.05) is 0 Å². The van der Waals surface area contributed by atoms with Gasteiger partial charge in [0.2, 0.25) is 0 Å². The van der Waals surface area contributed by atoms with Crippen LogP contribution in [0.15, 0.2) is 17.3 Å². The van der Waals surface area contributed by atoms with Gasteiger partial charge < -0.3 is 0 Å². The fourth-order valence-electron chi connectivity index (χ4n) is 2.65. The van der Waals surface area contributed by atoms with Crippen LogP contribution in [0.1, 0.15) is 83.5 Å². The lowest BCUT2D eigenvalue weighted by atomic mass is 10.0. The molecule has 0 heterocycles. The Morgan fingerprint density at radius 1 is 0.667 bits per heavy atom. The molecule has 1 rings (SSSR count). The predicted molar refractivity (Wildman–Crippen MR) is 78.7 cm³/mol. The predicted octanol–water partition coefficient (Wildman–Crippen LogP) is 5.76. The normalized spacial score (nSPS) is 25.7. The van der Waals surface area contributed by atoms with E-state index in [4.69, 9.17) is 0 Å². The highest BCUT2D eigenvalue weighted by Crippen LogP contribution is 2.16. The van der Waals surface area contributed by atoms with E-state index < -0.39 is 0 Å². The Morgan fingerprint density at radius 2 is 1.11 bits per heavy atom. The van der Waals surface area contributed by atoms with Crippen molar-refractivity contribution in [1.82, 2.24) is 0 Å². The van der Waals surface area contributed by atoms with Crippen molar-refractivity contribution < 1.29 is 0 Å². The molecular weight excluding hydrogens is 222 g/mol. The van der Waals surface area contributed by atoms with Gasteiger partial charge >= 0.3 is 0 Å². The molecule has 1 aliphatic carbocycles. The summed E-state index contributed by atoms with van der Waals surface area (Å²) >= 11 is 0. The lowest BCUT2D eigenvalue weighted by Gasteiger charge is -2.09. The fraction of sp³-hybridized carbons (Fsp3) is 0.875. The molecule has 0 amide bonds. The molecule has 104 valence electrons. The van der Waals surface area contributed by atoms with Gasteiger partial charge in [-0.3, -0.25) is 0 Å². The first-order valence-electron chi connectivity index (χ1n) is 7.91. The molecule has 0 aromatic heterocycles. The summed E-state index contributed by atoms with van der Waals surface area (Å²) in [6.07, 6.45) is 20.7. The van der Waals surface area contributed by atoms with Crippen molar-refractivity contribution in [3.63, 3.8) is 0 Å². The lowest BCUT2D eigenvalue weighted by molar-refractivity contribution is 0.486. The summed E-state index contributed by atoms with van der Waals surface area (Å²) in [6, 6.07) is 0.0952. The third kappa shape index (κ3) is 8.43. The Bertz CT molecular complexity index is 225. The summed E-state index contributed by atoms with van der Waals surface area (Å²) in [5.74, 6) is 0. The van der Waals surface area contributed by atoms with Crippen molar-refractivity contribution in [3.05, 3.63) is 17.1 Å². The molecule has 2 heteroatoms. The highest BCUT2D eigenvalue weighted by atomic mass is 16.3. The average molecular weight is 251 g/mol. The minimum atomic E-state index is 0.0952. The molecule has 0 aliphatic heterocycles. The zero-order valence-electron chi connectivity index (χ0n) is 11.8. The summed E-state index contributed by atoms with van der Waals surface area (Å²) < 4.78 is 0. The van der Waals surface area contributed by atoms with Crippen molar-refractivity contribution in [2.45, 2.75) is 89.5 Å². The molecule has 1 unspecified atom stereocenters. The molecular formula is C16H29NO. The van der Waals surface area contributed by atoms with E-state index in [1.165, 1.54) is 70.6 Å². The van der Waals surface area contributed by atoms with Crippen LogP contribution < -0.4 is 0 Å². The maximum atomic E-state index is 10.7. The molecule has 0 bridgehead atoms. The van der Waals surface area contributed by atoms with Crippen LogP contribution in [-0.2, 0) is 0 Å². The van der Waals surface area contributed by atoms with Crippen molar-refractivity contribution in [2.75, 3.05) is 0 Å². The minimum absolute atomic E-state index is 0.0952. The number of rotatable bonds is 1. The first-order valence-corrected chi connectivity index (χ1v) is 7.91. The van der Waals surface area contributed by atoms with Crippen LogP contribution in [0, 0.1) is 4.91 Å². The highest BCUT2D eigenvalue weighted by Gasteiger charge is 2.07. The average Bonchev–Trinajstić information content (AvgIpc) is 2.39. The molecule has 0 fully saturated rings. The van der Waals surface area contributed by atoms with Crippen molar-refractivity contribution in [2.24, 2.45) is 5.18 Å². The third-order valence-corrected chi connectivity index (χ3v) is 3.88. The number of nitroso groups, excluding NO2 is 1. The van der Waals surface area contributed by atoms with Gasteiger partial charge in [-0.15, -0.1) is 0 Å². The summed E-state index contributed by atoms with van der Waals surface area (Å²) in [7, 11) is 0. The summed E-state index contributed by atoms with van der Waals surface area (Å²) in [6.45, 7) is 0. The Kier molecular flexibility index (Phi) is 9.78. The largest absolute Gasteiger partial charge is 0.151 e. The van der Waals surface area contributed by atoms with Crippen LogP contribution in [0.3, 0.4) is 0 Å². The number of hydrogen-bond acceptors (Lipinski definition) is 2. The number of hydrogen-bond donors (Lipinski definition) is 0. The van der Waals surface area contributed by atoms with Gasteiger partial charge in [0.25, 0.3) is 0 Å². The van der Waals surface area contributed by atoms with Crippen molar-refractivity contribution >= 4 is 0 Å². The quantitative estimate of drug-likeness (QED) is 0.430. The number of allylic oxidation sites excluding steroid dienone is 2. The molecule has 0 spiro atoms. The molecule has 2 nitrogen and oxygen atoms in total. The molecule has 0 saturated carbocycles. The molecule has 1 atom stereocenters. The van der Waals surface area contributed by atoms with E-state index in [1.54, 1.807) is 0 Å². The van der Waals surface area contributed by atoms with Gasteiger partial charge in [0.1, 0.15) is 0 Å². The second-order valence-electron chi connectivity index (χ2n) is 5.57. The molecule has 0 aromatic carbocycles. The van der Waals surface area contributed by atoms with Crippen LogP contribution in [0.2, 0.25) is 0 Å². The molecule has 0 saturated heterocycles. The van der Waals surface area contributed by atoms with Gasteiger partial charge in [0.15, 0.2) is 0 Å². The van der Waals surface area contributed by atoms with E-state index >= 15 is 0 Å². The molecule has 18 heavy (non-hydrogen) atoms. The highest BCUT2D eigenvalue weighted by molar-refractivity contribution is 4.81. The Balaban J connectivity index is 2.23. The molecule has 0 N–H and O–H groups in total. The first kappa shape index (κ1) is 15.4. The summed E-state index contributed by atoms with van der Waals surface area (Å²) in [5, 5.41) is 3.29. The summed E-state index contributed by atoms with van der Waals surface area (Å²) in [5.41, 5.74) is 0. The van der Waals surface area contributed by atoms with Gasteiger partial charge in [-0.2, -0.15) is 4.91 Å². The Labute approximate surface area is 112 Å². The third-order valence-electron chi connectivity index (χ3n) is 3.88. The van der Waals surface area contributed by atoms with E-state index in [0.717, 1.165) is 12.8 Å². The van der Waals surface area contributed by atoms with Crippen molar-refractivity contribution in [1.29, 1.82) is 0 Å². The zero-order valence-corrected chi connectivity index (χ0v) is 11.8. The van der Waals surface area contributed by atoms with Crippen LogP contribution in [0.4, 0.5) is 0 Å². The van der Waals surface area contributed by atoms with Crippen molar-refractivity contribution in [3.8, 4) is 0 Å². The lowest BCUT2D eigenvalue weighted by Crippen LogP contribution is -2.03. The Hall–Kier alpha value is -0.660. The van der Waals surface area contributed by atoms with Crippen LogP contribution in [0.5, 0.6) is 0 Å². The zero-order chi connectivity index (χ0) is 12.9. The first-order chi connectivity index (χ1) is 8.93.